The van der Waals surface area contributed by atoms with Crippen LogP contribution in [0, 0.1) is 0 Å². The van der Waals surface area contributed by atoms with Gasteiger partial charge in [-0.2, -0.15) is 0 Å². The summed E-state index contributed by atoms with van der Waals surface area (Å²) in [5.41, 5.74) is 5.07. The van der Waals surface area contributed by atoms with Gasteiger partial charge in [-0.05, 0) is 68.1 Å². The van der Waals surface area contributed by atoms with Crippen LogP contribution in [0.15, 0.2) is 72.8 Å². The van der Waals surface area contributed by atoms with E-state index < -0.39 is 11.0 Å². The van der Waals surface area contributed by atoms with Crippen molar-refractivity contribution >= 4 is 32.5 Å². The van der Waals surface area contributed by atoms with Gasteiger partial charge in [0.25, 0.3) is 0 Å². The molecular formula is C24H21NOS. The van der Waals surface area contributed by atoms with Crippen molar-refractivity contribution in [3.63, 3.8) is 0 Å². The Hall–Kier alpha value is -2.49. The molecule has 0 aromatic heterocycles. The van der Waals surface area contributed by atoms with Gasteiger partial charge in [0.2, 0.25) is 0 Å². The first kappa shape index (κ1) is 16.7. The molecule has 4 aromatic carbocycles. The number of rotatable bonds is 0. The van der Waals surface area contributed by atoms with Gasteiger partial charge in [0.15, 0.2) is 0 Å². The smallest absolute Gasteiger partial charge is 0.107 e. The number of hydrogen-bond donors (Lipinski definition) is 0. The van der Waals surface area contributed by atoms with Crippen molar-refractivity contribution in [1.82, 2.24) is 4.31 Å². The quantitative estimate of drug-likeness (QED) is 0.386. The van der Waals surface area contributed by atoms with E-state index >= 15 is 0 Å². The van der Waals surface area contributed by atoms with Gasteiger partial charge in [-0.25, -0.2) is 8.51 Å². The van der Waals surface area contributed by atoms with Gasteiger partial charge in [-0.3, -0.25) is 0 Å². The van der Waals surface area contributed by atoms with Gasteiger partial charge < -0.3 is 0 Å². The average Bonchev–Trinajstić information content (AvgIpc) is 2.67. The Labute approximate surface area is 162 Å². The lowest BCUT2D eigenvalue weighted by Crippen LogP contribution is -2.42. The zero-order valence-electron chi connectivity index (χ0n) is 14.3. The minimum atomic E-state index is -1.05. The van der Waals surface area contributed by atoms with Crippen LogP contribution in [0.3, 0.4) is 0 Å². The summed E-state index contributed by atoms with van der Waals surface area (Å²) >= 11 is 0. The molecule has 2 nitrogen and oxygen atoms in total. The van der Waals surface area contributed by atoms with Crippen molar-refractivity contribution in [3.8, 4) is 0 Å². The fourth-order valence-corrected chi connectivity index (χ4v) is 6.30. The van der Waals surface area contributed by atoms with Crippen LogP contribution in [0.1, 0.15) is 41.0 Å². The molecule has 3 heteroatoms. The fraction of sp³-hybridized carbons (Fsp3) is 0.167. The molecule has 0 amide bonds. The first-order valence-corrected chi connectivity index (χ1v) is 10.1. The molecule has 0 radical (unpaired) electrons. The molecule has 7 rings (SSSR count). The van der Waals surface area contributed by atoms with E-state index in [1.54, 1.807) is 0 Å². The van der Waals surface area contributed by atoms with Crippen LogP contribution in [-0.2, 0) is 11.0 Å². The molecule has 4 aromatic rings. The summed E-state index contributed by atoms with van der Waals surface area (Å²) in [5.74, 6) is 0. The molecule has 3 aliphatic rings. The normalized spacial score (nSPS) is 23.1. The lowest BCUT2D eigenvalue weighted by molar-refractivity contribution is 0.420. The van der Waals surface area contributed by atoms with Crippen molar-refractivity contribution in [2.75, 3.05) is 7.05 Å². The summed E-state index contributed by atoms with van der Waals surface area (Å²) in [6, 6.07) is 26.1. The van der Waals surface area contributed by atoms with Gasteiger partial charge in [-0.1, -0.05) is 56.0 Å². The minimum absolute atomic E-state index is 0. The Morgan fingerprint density at radius 3 is 1.48 bits per heavy atom. The largest absolute Gasteiger partial charge is 0.242 e. The van der Waals surface area contributed by atoms with Crippen LogP contribution in [0.25, 0.3) is 21.5 Å². The van der Waals surface area contributed by atoms with Gasteiger partial charge >= 0.3 is 0 Å². The zero-order chi connectivity index (χ0) is 17.4. The maximum Gasteiger partial charge on any atom is 0.107 e. The SMILES string of the molecule is C.CN1C2c3cc4ccccc4cc3C(c3cc4ccccc4cc32)S1=O. The summed E-state index contributed by atoms with van der Waals surface area (Å²) in [5, 5.41) is 4.87. The highest BCUT2D eigenvalue weighted by Gasteiger charge is 2.46. The molecule has 2 aliphatic heterocycles. The number of fused-ring (bicyclic) bond motifs is 3. The van der Waals surface area contributed by atoms with E-state index in [0.717, 1.165) is 0 Å². The fourth-order valence-electron chi connectivity index (χ4n) is 4.69. The molecule has 0 saturated heterocycles. The third kappa shape index (κ3) is 2.13. The maximum absolute atomic E-state index is 13.2. The standard InChI is InChI=1S/C23H17NOS.CH4/c1-24-22-18-10-14-6-2-4-8-16(14)12-20(18)23(26(24)25)21-13-17-9-5-3-7-15(17)11-19(21)22;/h2-13,22-23H,1H3;1H4. The van der Waals surface area contributed by atoms with Crippen LogP contribution in [0.4, 0.5) is 0 Å². The van der Waals surface area contributed by atoms with Crippen LogP contribution in [-0.4, -0.2) is 15.6 Å². The van der Waals surface area contributed by atoms with Crippen LogP contribution in [0.5, 0.6) is 0 Å². The van der Waals surface area contributed by atoms with Crippen LogP contribution in [0.2, 0.25) is 0 Å². The summed E-state index contributed by atoms with van der Waals surface area (Å²) < 4.78 is 15.3. The van der Waals surface area contributed by atoms with Crippen molar-refractivity contribution in [2.45, 2.75) is 18.7 Å². The first-order valence-electron chi connectivity index (χ1n) is 8.91. The van der Waals surface area contributed by atoms with Gasteiger partial charge in [-0.15, -0.1) is 0 Å². The zero-order valence-corrected chi connectivity index (χ0v) is 15.2. The highest BCUT2D eigenvalue weighted by atomic mass is 32.2. The molecular weight excluding hydrogens is 350 g/mol. The molecule has 134 valence electrons. The minimum Gasteiger partial charge on any atom is -0.242 e. The molecule has 0 fully saturated rings. The number of nitrogens with zero attached hydrogens (tertiary/aromatic N) is 1. The Morgan fingerprint density at radius 1 is 0.704 bits per heavy atom. The van der Waals surface area contributed by atoms with E-state index in [9.17, 15) is 4.21 Å². The molecule has 0 N–H and O–H groups in total. The molecule has 1 aliphatic carbocycles. The molecule has 0 spiro atoms. The second-order valence-electron chi connectivity index (χ2n) is 7.26. The molecule has 0 saturated carbocycles. The predicted octanol–water partition coefficient (Wildman–Crippen LogP) is 5.73. The van der Waals surface area contributed by atoms with Crippen molar-refractivity contribution in [1.29, 1.82) is 0 Å². The van der Waals surface area contributed by atoms with Crippen molar-refractivity contribution in [3.05, 3.63) is 95.1 Å². The first-order chi connectivity index (χ1) is 12.7. The summed E-state index contributed by atoms with van der Waals surface area (Å²) in [7, 11) is 0.942. The summed E-state index contributed by atoms with van der Waals surface area (Å²) in [6.45, 7) is 0. The molecule has 2 heterocycles. The van der Waals surface area contributed by atoms with Crippen LogP contribution < -0.4 is 0 Å². The summed E-state index contributed by atoms with van der Waals surface area (Å²) in [4.78, 5) is 0. The van der Waals surface area contributed by atoms with E-state index in [1.165, 1.54) is 43.8 Å². The Kier molecular flexibility index (Phi) is 3.55. The maximum atomic E-state index is 13.2. The van der Waals surface area contributed by atoms with Gasteiger partial charge in [0.05, 0.1) is 6.04 Å². The Balaban J connectivity index is 0.00000160. The summed E-state index contributed by atoms with van der Waals surface area (Å²) in [6.07, 6.45) is 0. The molecule has 2 bridgehead atoms. The third-order valence-corrected chi connectivity index (χ3v) is 7.60. The van der Waals surface area contributed by atoms with Gasteiger partial charge in [0.1, 0.15) is 16.2 Å². The average molecular weight is 372 g/mol. The molecule has 1 unspecified atom stereocenters. The number of hydrogen-bond acceptors (Lipinski definition) is 1. The monoisotopic (exact) mass is 371 g/mol. The number of benzene rings is 4. The second-order valence-corrected chi connectivity index (χ2v) is 8.86. The van der Waals surface area contributed by atoms with Crippen LogP contribution >= 0.6 is 0 Å². The van der Waals surface area contributed by atoms with E-state index in [4.69, 9.17) is 0 Å². The van der Waals surface area contributed by atoms with E-state index in [0.29, 0.717) is 0 Å². The lowest BCUT2D eigenvalue weighted by atomic mass is 9.79. The predicted molar refractivity (Wildman–Crippen MR) is 114 cm³/mol. The van der Waals surface area contributed by atoms with E-state index in [1.807, 2.05) is 11.4 Å². The second kappa shape index (κ2) is 5.75. The van der Waals surface area contributed by atoms with Crippen molar-refractivity contribution in [2.24, 2.45) is 0 Å². The molecule has 27 heavy (non-hydrogen) atoms. The molecule has 1 atom stereocenters. The highest BCUT2D eigenvalue weighted by Crippen LogP contribution is 2.53. The van der Waals surface area contributed by atoms with Crippen molar-refractivity contribution < 1.29 is 4.21 Å². The lowest BCUT2D eigenvalue weighted by Gasteiger charge is -2.45. The Bertz CT molecular complexity index is 1160. The van der Waals surface area contributed by atoms with E-state index in [2.05, 4.69) is 72.8 Å². The highest BCUT2D eigenvalue weighted by molar-refractivity contribution is 7.83. The topological polar surface area (TPSA) is 20.3 Å². The van der Waals surface area contributed by atoms with Gasteiger partial charge in [0, 0.05) is 7.05 Å². The third-order valence-electron chi connectivity index (χ3n) is 5.91. The Morgan fingerprint density at radius 2 is 1.07 bits per heavy atom. The van der Waals surface area contributed by atoms with E-state index in [-0.39, 0.29) is 18.7 Å².